The fraction of sp³-hybridized carbons (Fsp3) is 0.160. The zero-order valence-corrected chi connectivity index (χ0v) is 17.0. The van der Waals surface area contributed by atoms with Crippen LogP contribution in [-0.4, -0.2) is 29.1 Å². The number of amides is 1. The maximum absolute atomic E-state index is 13.3. The summed E-state index contributed by atoms with van der Waals surface area (Å²) < 4.78 is 11.3. The number of benzene rings is 2. The van der Waals surface area contributed by atoms with Crippen molar-refractivity contribution in [3.8, 4) is 22.8 Å². The van der Waals surface area contributed by atoms with Crippen LogP contribution in [0.1, 0.15) is 28.9 Å². The standard InChI is InChI=1S/C25H21N3O3/c1-16(18-6-7-23-24(14-18)31-13-12-30-23)27-25(29)20-15-22(17-8-10-26-11-9-17)28-21-5-3-2-4-19(20)21/h2-11,14-16H,12-13H2,1H3,(H,27,29)/t16-/m0/s1. The van der Waals surface area contributed by atoms with Gasteiger partial charge in [-0.15, -0.1) is 0 Å². The minimum Gasteiger partial charge on any atom is -0.486 e. The number of fused-ring (bicyclic) bond motifs is 2. The molecule has 0 spiro atoms. The first-order valence-corrected chi connectivity index (χ1v) is 10.2. The Morgan fingerprint density at radius 3 is 2.58 bits per heavy atom. The smallest absolute Gasteiger partial charge is 0.252 e. The Hall–Kier alpha value is -3.93. The topological polar surface area (TPSA) is 73.3 Å². The number of rotatable bonds is 4. The van der Waals surface area contributed by atoms with E-state index in [0.29, 0.717) is 24.5 Å². The number of carbonyl (C=O) groups excluding carboxylic acids is 1. The molecule has 0 saturated carbocycles. The lowest BCUT2D eigenvalue weighted by atomic mass is 10.0. The summed E-state index contributed by atoms with van der Waals surface area (Å²) >= 11 is 0. The third-order valence-corrected chi connectivity index (χ3v) is 5.35. The van der Waals surface area contributed by atoms with E-state index in [-0.39, 0.29) is 11.9 Å². The third kappa shape index (κ3) is 3.80. The fourth-order valence-corrected chi connectivity index (χ4v) is 3.72. The number of nitrogens with zero attached hydrogens (tertiary/aromatic N) is 2. The Balaban J connectivity index is 1.48. The maximum atomic E-state index is 13.3. The van der Waals surface area contributed by atoms with Crippen LogP contribution in [0.2, 0.25) is 0 Å². The third-order valence-electron chi connectivity index (χ3n) is 5.35. The minimum atomic E-state index is -0.209. The van der Waals surface area contributed by atoms with Gasteiger partial charge in [-0.25, -0.2) is 4.98 Å². The molecule has 1 N–H and O–H groups in total. The Bertz CT molecular complexity index is 1260. The SMILES string of the molecule is C[C@H](NC(=O)c1cc(-c2ccncc2)nc2ccccc12)c1ccc2c(c1)OCCO2. The molecule has 0 fully saturated rings. The van der Waals surface area contributed by atoms with E-state index < -0.39 is 0 Å². The summed E-state index contributed by atoms with van der Waals surface area (Å²) in [5, 5.41) is 3.93. The number of nitrogens with one attached hydrogen (secondary N) is 1. The highest BCUT2D eigenvalue weighted by atomic mass is 16.6. The molecule has 1 amide bonds. The molecule has 0 radical (unpaired) electrons. The van der Waals surface area contributed by atoms with Gasteiger partial charge in [0.15, 0.2) is 11.5 Å². The lowest BCUT2D eigenvalue weighted by molar-refractivity contribution is 0.0941. The van der Waals surface area contributed by atoms with Crippen LogP contribution in [0, 0.1) is 0 Å². The van der Waals surface area contributed by atoms with E-state index in [9.17, 15) is 4.79 Å². The average Bonchev–Trinajstić information content (AvgIpc) is 2.83. The van der Waals surface area contributed by atoms with Gasteiger partial charge in [0.1, 0.15) is 13.2 Å². The lowest BCUT2D eigenvalue weighted by Crippen LogP contribution is -2.27. The molecule has 0 unspecified atom stereocenters. The van der Waals surface area contributed by atoms with Crippen LogP contribution in [0.15, 0.2) is 73.1 Å². The molecule has 6 heteroatoms. The molecule has 2 aromatic heterocycles. The molecular weight excluding hydrogens is 390 g/mol. The molecule has 1 aliphatic heterocycles. The van der Waals surface area contributed by atoms with Gasteiger partial charge in [-0.2, -0.15) is 0 Å². The Labute approximate surface area is 179 Å². The second kappa shape index (κ2) is 8.07. The highest BCUT2D eigenvalue weighted by Crippen LogP contribution is 2.33. The summed E-state index contributed by atoms with van der Waals surface area (Å²) in [6, 6.07) is 18.8. The van der Waals surface area contributed by atoms with Crippen LogP contribution in [-0.2, 0) is 0 Å². The van der Waals surface area contributed by atoms with Crippen molar-refractivity contribution in [2.45, 2.75) is 13.0 Å². The Kier molecular flexibility index (Phi) is 4.96. The van der Waals surface area contributed by atoms with E-state index in [0.717, 1.165) is 33.5 Å². The maximum Gasteiger partial charge on any atom is 0.252 e. The average molecular weight is 411 g/mol. The highest BCUT2D eigenvalue weighted by molar-refractivity contribution is 6.07. The van der Waals surface area contributed by atoms with Crippen LogP contribution >= 0.6 is 0 Å². The first kappa shape index (κ1) is 19.1. The molecule has 1 aliphatic rings. The van der Waals surface area contributed by atoms with E-state index >= 15 is 0 Å². The molecule has 0 aliphatic carbocycles. The van der Waals surface area contributed by atoms with Crippen LogP contribution < -0.4 is 14.8 Å². The Morgan fingerprint density at radius 1 is 0.968 bits per heavy atom. The van der Waals surface area contributed by atoms with Crippen molar-refractivity contribution >= 4 is 16.8 Å². The van der Waals surface area contributed by atoms with Gasteiger partial charge in [-0.1, -0.05) is 24.3 Å². The van der Waals surface area contributed by atoms with Gasteiger partial charge in [0.25, 0.3) is 5.91 Å². The summed E-state index contributed by atoms with van der Waals surface area (Å²) in [6.07, 6.45) is 3.44. The van der Waals surface area contributed by atoms with Gasteiger partial charge in [-0.05, 0) is 48.9 Å². The van der Waals surface area contributed by atoms with Crippen LogP contribution in [0.5, 0.6) is 11.5 Å². The molecule has 4 aromatic rings. The second-order valence-electron chi connectivity index (χ2n) is 7.41. The second-order valence-corrected chi connectivity index (χ2v) is 7.41. The number of aromatic nitrogens is 2. The Morgan fingerprint density at radius 2 is 1.74 bits per heavy atom. The molecular formula is C25H21N3O3. The number of hydrogen-bond donors (Lipinski definition) is 1. The number of carbonyl (C=O) groups is 1. The molecule has 5 rings (SSSR count). The summed E-state index contributed by atoms with van der Waals surface area (Å²) in [4.78, 5) is 22.1. The van der Waals surface area contributed by atoms with Gasteiger partial charge in [0, 0.05) is 23.3 Å². The molecule has 6 nitrogen and oxygen atoms in total. The molecule has 154 valence electrons. The number of hydrogen-bond acceptors (Lipinski definition) is 5. The number of pyridine rings is 2. The van der Waals surface area contributed by atoms with E-state index in [1.54, 1.807) is 12.4 Å². The number of ether oxygens (including phenoxy) is 2. The van der Waals surface area contributed by atoms with E-state index in [4.69, 9.17) is 14.5 Å². The first-order chi connectivity index (χ1) is 15.2. The summed E-state index contributed by atoms with van der Waals surface area (Å²) in [7, 11) is 0. The predicted octanol–water partition coefficient (Wildman–Crippen LogP) is 4.56. The van der Waals surface area contributed by atoms with E-state index in [1.165, 1.54) is 0 Å². The summed E-state index contributed by atoms with van der Waals surface area (Å²) in [5.41, 5.74) is 3.95. The normalized spacial score (nSPS) is 13.6. The van der Waals surface area contributed by atoms with Crippen molar-refractivity contribution in [2.24, 2.45) is 0 Å². The zero-order valence-electron chi connectivity index (χ0n) is 17.0. The van der Waals surface area contributed by atoms with Crippen LogP contribution in [0.4, 0.5) is 0 Å². The highest BCUT2D eigenvalue weighted by Gasteiger charge is 2.19. The van der Waals surface area contributed by atoms with Crippen molar-refractivity contribution in [3.63, 3.8) is 0 Å². The molecule has 0 saturated heterocycles. The van der Waals surface area contributed by atoms with Gasteiger partial charge < -0.3 is 14.8 Å². The van der Waals surface area contributed by atoms with Crippen molar-refractivity contribution in [3.05, 3.63) is 84.2 Å². The molecule has 2 aromatic carbocycles. The molecule has 31 heavy (non-hydrogen) atoms. The molecule has 1 atom stereocenters. The van der Waals surface area contributed by atoms with Gasteiger partial charge in [0.2, 0.25) is 0 Å². The number of para-hydroxylation sites is 1. The summed E-state index contributed by atoms with van der Waals surface area (Å²) in [5.74, 6) is 1.28. The van der Waals surface area contributed by atoms with Gasteiger partial charge in [0.05, 0.1) is 22.8 Å². The van der Waals surface area contributed by atoms with E-state index in [1.807, 2.05) is 67.6 Å². The lowest BCUT2D eigenvalue weighted by Gasteiger charge is -2.21. The molecule has 3 heterocycles. The largest absolute Gasteiger partial charge is 0.486 e. The van der Waals surface area contributed by atoms with Crippen LogP contribution in [0.3, 0.4) is 0 Å². The minimum absolute atomic E-state index is 0.156. The quantitative estimate of drug-likeness (QED) is 0.533. The molecule has 0 bridgehead atoms. The zero-order chi connectivity index (χ0) is 21.2. The monoisotopic (exact) mass is 411 g/mol. The van der Waals surface area contributed by atoms with Crippen molar-refractivity contribution in [1.29, 1.82) is 0 Å². The predicted molar refractivity (Wildman–Crippen MR) is 118 cm³/mol. The van der Waals surface area contributed by atoms with Crippen molar-refractivity contribution in [1.82, 2.24) is 15.3 Å². The first-order valence-electron chi connectivity index (χ1n) is 10.2. The van der Waals surface area contributed by atoms with E-state index in [2.05, 4.69) is 10.3 Å². The van der Waals surface area contributed by atoms with Gasteiger partial charge >= 0.3 is 0 Å². The fourth-order valence-electron chi connectivity index (χ4n) is 3.72. The van der Waals surface area contributed by atoms with Crippen molar-refractivity contribution < 1.29 is 14.3 Å². The van der Waals surface area contributed by atoms with Crippen LogP contribution in [0.25, 0.3) is 22.2 Å². The van der Waals surface area contributed by atoms with Gasteiger partial charge in [-0.3, -0.25) is 9.78 Å². The van der Waals surface area contributed by atoms with Crippen molar-refractivity contribution in [2.75, 3.05) is 13.2 Å². The summed E-state index contributed by atoms with van der Waals surface area (Å²) in [6.45, 7) is 3.03.